The first-order chi connectivity index (χ1) is 9.14. The van der Waals surface area contributed by atoms with Crippen LogP contribution in [0.3, 0.4) is 0 Å². The molecular formula is C16H22N2O. The monoisotopic (exact) mass is 258 g/mol. The lowest BCUT2D eigenvalue weighted by Gasteiger charge is -2.57. The Hall–Kier alpha value is -1.09. The highest BCUT2D eigenvalue weighted by atomic mass is 16.5. The highest BCUT2D eigenvalue weighted by molar-refractivity contribution is 5.25. The molecule has 2 heterocycles. The molecular weight excluding hydrogens is 236 g/mol. The quantitative estimate of drug-likeness (QED) is 0.764. The summed E-state index contributed by atoms with van der Waals surface area (Å²) < 4.78 is 5.08. The van der Waals surface area contributed by atoms with Gasteiger partial charge in [-0.05, 0) is 30.1 Å². The van der Waals surface area contributed by atoms with Crippen LogP contribution in [-0.4, -0.2) is 23.1 Å². The molecule has 0 unspecified atom stereocenters. The number of nitrogens with zero attached hydrogens (tertiary/aromatic N) is 2. The van der Waals surface area contributed by atoms with Gasteiger partial charge in [0.25, 0.3) is 0 Å². The molecule has 1 aromatic rings. The van der Waals surface area contributed by atoms with E-state index >= 15 is 0 Å². The summed E-state index contributed by atoms with van der Waals surface area (Å²) in [5, 5.41) is 4.07. The smallest absolute Gasteiger partial charge is 0.128 e. The normalized spacial score (nSPS) is 32.4. The predicted octanol–water partition coefficient (Wildman–Crippen LogP) is 3.03. The van der Waals surface area contributed by atoms with Gasteiger partial charge in [0, 0.05) is 31.6 Å². The lowest BCUT2D eigenvalue weighted by Crippen LogP contribution is -2.50. The second-order valence-corrected chi connectivity index (χ2v) is 7.07. The van der Waals surface area contributed by atoms with Crippen LogP contribution in [0.1, 0.15) is 37.9 Å². The van der Waals surface area contributed by atoms with Crippen LogP contribution in [0, 0.1) is 17.3 Å². The van der Waals surface area contributed by atoms with Crippen LogP contribution in [0.4, 0.5) is 0 Å². The largest absolute Gasteiger partial charge is 0.364 e. The van der Waals surface area contributed by atoms with Crippen molar-refractivity contribution in [3.8, 4) is 0 Å². The Balaban J connectivity index is 1.47. The predicted molar refractivity (Wildman–Crippen MR) is 73.6 cm³/mol. The zero-order chi connectivity index (χ0) is 13.0. The standard InChI is InChI=1S/C16H22N2O/c1-16(2)13-4-3-11(14(16)7-13)8-18-6-5-15-12(9-18)10-19-17-15/h3,10,13-14H,4-9H2,1-2H3/t13-,14-/m0/s1. The summed E-state index contributed by atoms with van der Waals surface area (Å²) in [7, 11) is 0. The maximum Gasteiger partial charge on any atom is 0.128 e. The van der Waals surface area contributed by atoms with Crippen LogP contribution in [0.15, 0.2) is 22.4 Å². The summed E-state index contributed by atoms with van der Waals surface area (Å²) in [6.07, 6.45) is 8.10. The highest BCUT2D eigenvalue weighted by Gasteiger charge is 2.51. The van der Waals surface area contributed by atoms with Crippen molar-refractivity contribution in [1.29, 1.82) is 0 Å². The van der Waals surface area contributed by atoms with Gasteiger partial charge in [-0.25, -0.2) is 0 Å². The summed E-state index contributed by atoms with van der Waals surface area (Å²) in [5.74, 6) is 1.77. The number of hydrogen-bond donors (Lipinski definition) is 0. The Morgan fingerprint density at radius 1 is 1.47 bits per heavy atom. The number of aromatic nitrogens is 1. The van der Waals surface area contributed by atoms with E-state index in [0.29, 0.717) is 5.41 Å². The third kappa shape index (κ3) is 1.71. The Labute approximate surface area is 114 Å². The van der Waals surface area contributed by atoms with Gasteiger partial charge in [0.1, 0.15) is 6.26 Å². The van der Waals surface area contributed by atoms with E-state index in [-0.39, 0.29) is 0 Å². The molecule has 0 spiro atoms. The molecule has 1 saturated carbocycles. The van der Waals surface area contributed by atoms with Gasteiger partial charge in [-0.2, -0.15) is 0 Å². The Morgan fingerprint density at radius 2 is 2.37 bits per heavy atom. The van der Waals surface area contributed by atoms with Gasteiger partial charge in [-0.1, -0.05) is 30.7 Å². The minimum absolute atomic E-state index is 0.544. The SMILES string of the molecule is CC1(C)[C@H]2CC=C(CN3CCc4nocc4C3)[C@@H]1C2. The molecule has 3 nitrogen and oxygen atoms in total. The van der Waals surface area contributed by atoms with Crippen LogP contribution in [0.2, 0.25) is 0 Å². The molecule has 0 N–H and O–H groups in total. The van der Waals surface area contributed by atoms with Crippen molar-refractivity contribution < 1.29 is 4.52 Å². The number of hydrogen-bond acceptors (Lipinski definition) is 3. The third-order valence-electron chi connectivity index (χ3n) is 5.78. The molecule has 2 atom stereocenters. The topological polar surface area (TPSA) is 29.3 Å². The molecule has 19 heavy (non-hydrogen) atoms. The van der Waals surface area contributed by atoms with E-state index in [4.69, 9.17) is 4.52 Å². The van der Waals surface area contributed by atoms with Gasteiger partial charge in [-0.3, -0.25) is 4.90 Å². The summed E-state index contributed by atoms with van der Waals surface area (Å²) in [5.41, 5.74) is 4.68. The molecule has 4 aliphatic rings. The van der Waals surface area contributed by atoms with E-state index in [9.17, 15) is 0 Å². The van der Waals surface area contributed by atoms with Gasteiger partial charge in [0.05, 0.1) is 5.69 Å². The van der Waals surface area contributed by atoms with Crippen LogP contribution in [0.5, 0.6) is 0 Å². The second-order valence-electron chi connectivity index (χ2n) is 7.07. The number of allylic oxidation sites excluding steroid dienone is 1. The summed E-state index contributed by atoms with van der Waals surface area (Å²) in [6, 6.07) is 0. The second kappa shape index (κ2) is 3.95. The van der Waals surface area contributed by atoms with E-state index in [2.05, 4.69) is 30.0 Å². The minimum Gasteiger partial charge on any atom is -0.364 e. The fourth-order valence-corrected chi connectivity index (χ4v) is 4.25. The Morgan fingerprint density at radius 3 is 3.16 bits per heavy atom. The van der Waals surface area contributed by atoms with E-state index in [1.165, 1.54) is 18.4 Å². The average Bonchev–Trinajstić information content (AvgIpc) is 2.86. The lowest BCUT2D eigenvalue weighted by molar-refractivity contribution is -0.0110. The molecule has 0 amide bonds. The van der Waals surface area contributed by atoms with Crippen molar-refractivity contribution in [1.82, 2.24) is 10.1 Å². The minimum atomic E-state index is 0.544. The van der Waals surface area contributed by atoms with Crippen molar-refractivity contribution in [3.63, 3.8) is 0 Å². The zero-order valence-corrected chi connectivity index (χ0v) is 11.9. The molecule has 1 aromatic heterocycles. The van der Waals surface area contributed by atoms with Crippen LogP contribution < -0.4 is 0 Å². The molecule has 5 rings (SSSR count). The van der Waals surface area contributed by atoms with Crippen molar-refractivity contribution in [3.05, 3.63) is 29.2 Å². The average molecular weight is 258 g/mol. The van der Waals surface area contributed by atoms with Crippen LogP contribution in [-0.2, 0) is 13.0 Å². The molecule has 0 saturated heterocycles. The van der Waals surface area contributed by atoms with Gasteiger partial charge in [0.2, 0.25) is 0 Å². The van der Waals surface area contributed by atoms with Gasteiger partial charge >= 0.3 is 0 Å². The fraction of sp³-hybridized carbons (Fsp3) is 0.688. The third-order valence-corrected chi connectivity index (χ3v) is 5.78. The molecule has 0 aromatic carbocycles. The summed E-state index contributed by atoms with van der Waals surface area (Å²) >= 11 is 0. The fourth-order valence-electron chi connectivity index (χ4n) is 4.25. The van der Waals surface area contributed by atoms with Crippen LogP contribution in [0.25, 0.3) is 0 Å². The first-order valence-corrected chi connectivity index (χ1v) is 7.48. The van der Waals surface area contributed by atoms with E-state index in [1.54, 1.807) is 5.57 Å². The molecule has 102 valence electrons. The maximum absolute atomic E-state index is 5.08. The van der Waals surface area contributed by atoms with Gasteiger partial charge in [0.15, 0.2) is 0 Å². The first-order valence-electron chi connectivity index (χ1n) is 7.48. The Kier molecular flexibility index (Phi) is 2.44. The maximum atomic E-state index is 5.08. The van der Waals surface area contributed by atoms with Crippen molar-refractivity contribution in [2.45, 2.75) is 39.7 Å². The molecule has 3 heteroatoms. The molecule has 1 aliphatic heterocycles. The van der Waals surface area contributed by atoms with Crippen molar-refractivity contribution in [2.24, 2.45) is 17.3 Å². The van der Waals surface area contributed by atoms with E-state index < -0.39 is 0 Å². The number of rotatable bonds is 2. The van der Waals surface area contributed by atoms with E-state index in [0.717, 1.165) is 43.6 Å². The van der Waals surface area contributed by atoms with E-state index in [1.807, 2.05) is 6.26 Å². The van der Waals surface area contributed by atoms with Crippen LogP contribution >= 0.6 is 0 Å². The molecule has 3 aliphatic carbocycles. The van der Waals surface area contributed by atoms with Crippen molar-refractivity contribution in [2.75, 3.05) is 13.1 Å². The number of fused-ring (bicyclic) bond motifs is 2. The zero-order valence-electron chi connectivity index (χ0n) is 11.9. The Bertz CT molecular complexity index is 529. The molecule has 1 fully saturated rings. The first kappa shape index (κ1) is 11.7. The van der Waals surface area contributed by atoms with Gasteiger partial charge in [-0.15, -0.1) is 0 Å². The summed E-state index contributed by atoms with van der Waals surface area (Å²) in [6.45, 7) is 8.17. The lowest BCUT2D eigenvalue weighted by atomic mass is 9.49. The van der Waals surface area contributed by atoms with Crippen molar-refractivity contribution >= 4 is 0 Å². The highest BCUT2D eigenvalue weighted by Crippen LogP contribution is 2.59. The van der Waals surface area contributed by atoms with Gasteiger partial charge < -0.3 is 4.52 Å². The summed E-state index contributed by atoms with van der Waals surface area (Å²) in [4.78, 5) is 2.56. The molecule has 0 radical (unpaired) electrons. The molecule has 2 bridgehead atoms.